The maximum Gasteiger partial charge on any atom is 0.194 e. The van der Waals surface area contributed by atoms with Gasteiger partial charge >= 0.3 is 0 Å². The Labute approximate surface area is 130 Å². The van der Waals surface area contributed by atoms with Crippen LogP contribution in [0.1, 0.15) is 37.0 Å². The van der Waals surface area contributed by atoms with Crippen LogP contribution in [0.3, 0.4) is 0 Å². The fraction of sp³-hybridized carbons (Fsp3) is 0.571. The summed E-state index contributed by atoms with van der Waals surface area (Å²) in [4.78, 5) is 10.5. The third kappa shape index (κ3) is 3.84. The molecule has 8 heteroatoms. The summed E-state index contributed by atoms with van der Waals surface area (Å²) in [5, 5.41) is 11.4. The average molecular weight is 305 g/mol. The normalized spacial score (nSPS) is 12.0. The highest BCUT2D eigenvalue weighted by Crippen LogP contribution is 2.13. The van der Waals surface area contributed by atoms with Crippen molar-refractivity contribution in [1.29, 1.82) is 0 Å². The number of hydrogen-bond donors (Lipinski definition) is 1. The van der Waals surface area contributed by atoms with Crippen LogP contribution in [0.15, 0.2) is 21.9 Å². The summed E-state index contributed by atoms with van der Waals surface area (Å²) in [6.07, 6.45) is 1.54. The molecule has 0 radical (unpaired) electrons. The van der Waals surface area contributed by atoms with Crippen LogP contribution >= 0.6 is 0 Å². The van der Waals surface area contributed by atoms with E-state index in [1.165, 1.54) is 0 Å². The van der Waals surface area contributed by atoms with Crippen LogP contribution in [0.5, 0.6) is 0 Å². The van der Waals surface area contributed by atoms with E-state index in [9.17, 15) is 0 Å². The minimum atomic E-state index is 0.357. The molecular formula is C14H23N7O. The van der Waals surface area contributed by atoms with Gasteiger partial charge in [0.15, 0.2) is 11.7 Å². The molecule has 0 aliphatic heterocycles. The van der Waals surface area contributed by atoms with Crippen molar-refractivity contribution in [2.75, 3.05) is 14.1 Å². The highest BCUT2D eigenvalue weighted by atomic mass is 16.5. The Morgan fingerprint density at radius 2 is 2.27 bits per heavy atom. The number of aliphatic imine (C=N–C) groups is 1. The average Bonchev–Trinajstić information content (AvgIpc) is 3.10. The summed E-state index contributed by atoms with van der Waals surface area (Å²) < 4.78 is 7.06. The standard InChI is InChI=1S/C14H23N7O/c1-10(2)12-6-11(22-19-12)7-16-14(15-3)20(4)8-13-17-9-18-21(13)5/h6,9-10H,7-8H2,1-5H3,(H,15,16). The molecule has 8 nitrogen and oxygen atoms in total. The molecule has 0 spiro atoms. The van der Waals surface area contributed by atoms with Gasteiger partial charge in [-0.15, -0.1) is 0 Å². The second-order valence-electron chi connectivity index (χ2n) is 5.43. The lowest BCUT2D eigenvalue weighted by molar-refractivity contribution is 0.368. The Bertz CT molecular complexity index is 629. The minimum Gasteiger partial charge on any atom is -0.359 e. The van der Waals surface area contributed by atoms with Crippen molar-refractivity contribution >= 4 is 5.96 Å². The first-order chi connectivity index (χ1) is 10.5. The van der Waals surface area contributed by atoms with Crippen molar-refractivity contribution in [1.82, 2.24) is 30.1 Å². The third-order valence-electron chi connectivity index (χ3n) is 3.35. The van der Waals surface area contributed by atoms with E-state index in [2.05, 4.69) is 39.4 Å². The van der Waals surface area contributed by atoms with E-state index in [4.69, 9.17) is 4.52 Å². The highest BCUT2D eigenvalue weighted by Gasteiger charge is 2.12. The van der Waals surface area contributed by atoms with Gasteiger partial charge in [-0.25, -0.2) is 4.98 Å². The molecule has 0 saturated carbocycles. The van der Waals surface area contributed by atoms with E-state index in [0.29, 0.717) is 19.0 Å². The van der Waals surface area contributed by atoms with Crippen LogP contribution in [0, 0.1) is 0 Å². The third-order valence-corrected chi connectivity index (χ3v) is 3.35. The van der Waals surface area contributed by atoms with Gasteiger partial charge in [-0.3, -0.25) is 9.67 Å². The summed E-state index contributed by atoms with van der Waals surface area (Å²) in [6.45, 7) is 5.32. The van der Waals surface area contributed by atoms with Crippen LogP contribution in [0.25, 0.3) is 0 Å². The Balaban J connectivity index is 1.92. The Hall–Kier alpha value is -2.38. The quantitative estimate of drug-likeness (QED) is 0.658. The number of hydrogen-bond acceptors (Lipinski definition) is 5. The highest BCUT2D eigenvalue weighted by molar-refractivity contribution is 5.79. The van der Waals surface area contributed by atoms with Crippen LogP contribution < -0.4 is 5.32 Å². The number of nitrogens with one attached hydrogen (secondary N) is 1. The van der Waals surface area contributed by atoms with Crippen LogP contribution in [0.2, 0.25) is 0 Å². The second-order valence-corrected chi connectivity index (χ2v) is 5.43. The fourth-order valence-corrected chi connectivity index (χ4v) is 1.99. The van der Waals surface area contributed by atoms with Gasteiger partial charge in [0.1, 0.15) is 12.2 Å². The number of rotatable bonds is 5. The Morgan fingerprint density at radius 1 is 1.50 bits per heavy atom. The molecular weight excluding hydrogens is 282 g/mol. The van der Waals surface area contributed by atoms with Crippen LogP contribution in [-0.4, -0.2) is 44.9 Å². The number of aromatic nitrogens is 4. The lowest BCUT2D eigenvalue weighted by atomic mass is 10.1. The molecule has 120 valence electrons. The smallest absolute Gasteiger partial charge is 0.194 e. The summed E-state index contributed by atoms with van der Waals surface area (Å²) in [7, 11) is 5.56. The Kier molecular flexibility index (Phi) is 5.13. The van der Waals surface area contributed by atoms with Crippen molar-refractivity contribution in [3.63, 3.8) is 0 Å². The lowest BCUT2D eigenvalue weighted by Gasteiger charge is -2.20. The van der Waals surface area contributed by atoms with Crippen molar-refractivity contribution < 1.29 is 4.52 Å². The van der Waals surface area contributed by atoms with Crippen LogP contribution in [0.4, 0.5) is 0 Å². The summed E-state index contributed by atoms with van der Waals surface area (Å²) in [6, 6.07) is 1.97. The van der Waals surface area contributed by atoms with Gasteiger partial charge in [0.2, 0.25) is 0 Å². The van der Waals surface area contributed by atoms with E-state index in [-0.39, 0.29) is 0 Å². The molecule has 22 heavy (non-hydrogen) atoms. The van der Waals surface area contributed by atoms with E-state index in [1.807, 2.05) is 25.1 Å². The lowest BCUT2D eigenvalue weighted by Crippen LogP contribution is -2.38. The molecule has 2 aromatic heterocycles. The zero-order chi connectivity index (χ0) is 16.1. The molecule has 0 aromatic carbocycles. The summed E-state index contributed by atoms with van der Waals surface area (Å²) in [5.41, 5.74) is 0.958. The second kappa shape index (κ2) is 7.06. The predicted molar refractivity (Wildman–Crippen MR) is 83.3 cm³/mol. The molecule has 2 rings (SSSR count). The zero-order valence-corrected chi connectivity index (χ0v) is 13.7. The number of guanidine groups is 1. The van der Waals surface area contributed by atoms with E-state index in [0.717, 1.165) is 23.2 Å². The maximum atomic E-state index is 5.31. The molecule has 1 N–H and O–H groups in total. The molecule has 0 unspecified atom stereocenters. The fourth-order valence-electron chi connectivity index (χ4n) is 1.99. The zero-order valence-electron chi connectivity index (χ0n) is 13.7. The van der Waals surface area contributed by atoms with Gasteiger partial charge in [-0.2, -0.15) is 5.10 Å². The van der Waals surface area contributed by atoms with E-state index in [1.54, 1.807) is 18.1 Å². The SMILES string of the molecule is CN=C(NCc1cc(C(C)C)no1)N(C)Cc1ncnn1C. The van der Waals surface area contributed by atoms with Crippen molar-refractivity contribution in [2.45, 2.75) is 32.9 Å². The molecule has 0 atom stereocenters. The van der Waals surface area contributed by atoms with Gasteiger partial charge in [0, 0.05) is 27.2 Å². The van der Waals surface area contributed by atoms with Crippen LogP contribution in [-0.2, 0) is 20.1 Å². The van der Waals surface area contributed by atoms with Crippen molar-refractivity contribution in [3.05, 3.63) is 29.7 Å². The molecule has 2 aromatic rings. The maximum absolute atomic E-state index is 5.31. The first-order valence-corrected chi connectivity index (χ1v) is 7.21. The predicted octanol–water partition coefficient (Wildman–Crippen LogP) is 1.13. The van der Waals surface area contributed by atoms with Gasteiger partial charge in [-0.05, 0) is 5.92 Å². The van der Waals surface area contributed by atoms with Gasteiger partial charge in [-0.1, -0.05) is 19.0 Å². The molecule has 0 fully saturated rings. The van der Waals surface area contributed by atoms with Crippen molar-refractivity contribution in [2.24, 2.45) is 12.0 Å². The minimum absolute atomic E-state index is 0.357. The first kappa shape index (κ1) is 16.0. The molecule has 0 amide bonds. The number of nitrogens with zero attached hydrogens (tertiary/aromatic N) is 6. The monoisotopic (exact) mass is 305 g/mol. The first-order valence-electron chi connectivity index (χ1n) is 7.21. The summed E-state index contributed by atoms with van der Waals surface area (Å²) >= 11 is 0. The number of aryl methyl sites for hydroxylation is 1. The molecule has 0 bridgehead atoms. The molecule has 0 saturated heterocycles. The molecule has 2 heterocycles. The topological polar surface area (TPSA) is 84.4 Å². The Morgan fingerprint density at radius 3 is 2.82 bits per heavy atom. The van der Waals surface area contributed by atoms with Gasteiger partial charge in [0.05, 0.1) is 18.8 Å². The summed E-state index contributed by atoms with van der Waals surface area (Å²) in [5.74, 6) is 2.77. The molecule has 0 aliphatic carbocycles. The van der Waals surface area contributed by atoms with Gasteiger partial charge < -0.3 is 14.7 Å². The van der Waals surface area contributed by atoms with Crippen molar-refractivity contribution in [3.8, 4) is 0 Å². The molecule has 0 aliphatic rings. The largest absolute Gasteiger partial charge is 0.359 e. The van der Waals surface area contributed by atoms with Gasteiger partial charge in [0.25, 0.3) is 0 Å². The van der Waals surface area contributed by atoms with E-state index < -0.39 is 0 Å². The van der Waals surface area contributed by atoms with E-state index >= 15 is 0 Å².